The first kappa shape index (κ1) is 19.6. The van der Waals surface area contributed by atoms with Crippen molar-refractivity contribution in [1.82, 2.24) is 15.3 Å². The van der Waals surface area contributed by atoms with E-state index >= 15 is 0 Å². The Morgan fingerprint density at radius 2 is 1.72 bits per heavy atom. The van der Waals surface area contributed by atoms with Gasteiger partial charge in [-0.15, -0.1) is 0 Å². The van der Waals surface area contributed by atoms with Gasteiger partial charge in [0.1, 0.15) is 0 Å². The topological polar surface area (TPSA) is 64.8 Å². The predicted octanol–water partition coefficient (Wildman–Crippen LogP) is 4.55. The summed E-state index contributed by atoms with van der Waals surface area (Å²) in [4.78, 5) is 13.1. The van der Waals surface area contributed by atoms with Crippen LogP contribution in [-0.4, -0.2) is 35.1 Å². The molecule has 5 nitrogen and oxygen atoms in total. The van der Waals surface area contributed by atoms with Crippen LogP contribution in [0, 0.1) is 25.2 Å². The Morgan fingerprint density at radius 1 is 1.03 bits per heavy atom. The average Bonchev–Trinajstić information content (AvgIpc) is 3.12. The van der Waals surface area contributed by atoms with E-state index in [1.807, 2.05) is 38.1 Å². The summed E-state index contributed by atoms with van der Waals surface area (Å²) in [5.74, 6) is 0. The van der Waals surface area contributed by atoms with E-state index in [0.717, 1.165) is 51.3 Å². The highest BCUT2D eigenvalue weighted by atomic mass is 32.1. The Labute approximate surface area is 176 Å². The smallest absolute Gasteiger partial charge is 0.186 e. The van der Waals surface area contributed by atoms with Crippen LogP contribution in [0.1, 0.15) is 30.8 Å². The molecule has 1 aliphatic rings. The number of aryl methyl sites for hydroxylation is 2. The lowest BCUT2D eigenvalue weighted by molar-refractivity contribution is 0.407. The van der Waals surface area contributed by atoms with Crippen molar-refractivity contribution in [2.45, 2.75) is 39.8 Å². The molecule has 148 valence electrons. The molecule has 0 saturated carbocycles. The molecule has 3 aromatic rings. The molecule has 1 fully saturated rings. The van der Waals surface area contributed by atoms with E-state index < -0.39 is 0 Å². The van der Waals surface area contributed by atoms with Gasteiger partial charge in [0.15, 0.2) is 5.13 Å². The van der Waals surface area contributed by atoms with Gasteiger partial charge in [0.05, 0.1) is 22.2 Å². The van der Waals surface area contributed by atoms with E-state index in [-0.39, 0.29) is 0 Å². The van der Waals surface area contributed by atoms with E-state index in [1.54, 1.807) is 11.3 Å². The summed E-state index contributed by atoms with van der Waals surface area (Å²) in [6.45, 7) is 10.3. The molecule has 1 aromatic carbocycles. The summed E-state index contributed by atoms with van der Waals surface area (Å²) in [5, 5.41) is 14.0. The minimum absolute atomic E-state index is 0.418. The van der Waals surface area contributed by atoms with E-state index in [9.17, 15) is 5.26 Å². The number of hydrogen-bond acceptors (Lipinski definition) is 6. The van der Waals surface area contributed by atoms with Gasteiger partial charge in [-0.05, 0) is 57.5 Å². The molecule has 2 aromatic heterocycles. The van der Waals surface area contributed by atoms with E-state index in [4.69, 9.17) is 4.98 Å². The van der Waals surface area contributed by atoms with Crippen LogP contribution in [0.4, 0.5) is 5.13 Å². The SMILES string of the molecule is Cc1cc(-c2sc(N3C[C@H](C)N[C@@H](C)C3)nc2-c2cccc(C#N)c2)cc(C)n1. The standard InChI is InChI=1S/C23H25N5S/c1-14-8-20(9-15(2)25-14)22-21(19-7-5-6-18(10-19)11-24)27-23(29-22)28-12-16(3)26-17(4)13-28/h5-10,16-17,26H,12-13H2,1-4H3/t16-,17-/m0/s1. The third kappa shape index (κ3) is 4.16. The lowest BCUT2D eigenvalue weighted by Gasteiger charge is -2.35. The normalized spacial score (nSPS) is 19.2. The number of nitrogens with one attached hydrogen (secondary N) is 1. The largest absolute Gasteiger partial charge is 0.345 e. The van der Waals surface area contributed by atoms with Crippen molar-refractivity contribution in [1.29, 1.82) is 5.26 Å². The third-order valence-corrected chi connectivity index (χ3v) is 6.22. The van der Waals surface area contributed by atoms with Crippen LogP contribution in [0.5, 0.6) is 0 Å². The summed E-state index contributed by atoms with van der Waals surface area (Å²) < 4.78 is 0. The molecule has 0 amide bonds. The predicted molar refractivity (Wildman–Crippen MR) is 119 cm³/mol. The van der Waals surface area contributed by atoms with Crippen LogP contribution < -0.4 is 10.2 Å². The average molecular weight is 404 g/mol. The molecule has 0 spiro atoms. The van der Waals surface area contributed by atoms with Crippen LogP contribution in [-0.2, 0) is 0 Å². The Kier molecular flexibility index (Phi) is 5.35. The number of anilines is 1. The summed E-state index contributed by atoms with van der Waals surface area (Å²) in [6.07, 6.45) is 0. The number of benzene rings is 1. The van der Waals surface area contributed by atoms with Gasteiger partial charge in [0.25, 0.3) is 0 Å². The van der Waals surface area contributed by atoms with Crippen molar-refractivity contribution in [2.75, 3.05) is 18.0 Å². The van der Waals surface area contributed by atoms with Crippen molar-refractivity contribution < 1.29 is 0 Å². The second kappa shape index (κ2) is 7.94. The summed E-state index contributed by atoms with van der Waals surface area (Å²) >= 11 is 1.73. The lowest BCUT2D eigenvalue weighted by atomic mass is 10.0. The maximum absolute atomic E-state index is 9.34. The van der Waals surface area contributed by atoms with E-state index in [2.05, 4.69) is 47.3 Å². The van der Waals surface area contributed by atoms with Gasteiger partial charge < -0.3 is 10.2 Å². The fourth-order valence-electron chi connectivity index (χ4n) is 4.02. The third-order valence-electron chi connectivity index (χ3n) is 5.05. The van der Waals surface area contributed by atoms with Crippen LogP contribution in [0.2, 0.25) is 0 Å². The summed E-state index contributed by atoms with van der Waals surface area (Å²) in [6, 6.07) is 15.0. The Balaban J connectivity index is 1.85. The Morgan fingerprint density at radius 3 is 2.38 bits per heavy atom. The van der Waals surface area contributed by atoms with Gasteiger partial charge in [-0.25, -0.2) is 4.98 Å². The second-order valence-electron chi connectivity index (χ2n) is 7.88. The first-order valence-electron chi connectivity index (χ1n) is 9.91. The van der Waals surface area contributed by atoms with Crippen molar-refractivity contribution in [2.24, 2.45) is 0 Å². The van der Waals surface area contributed by atoms with Crippen LogP contribution in [0.25, 0.3) is 21.7 Å². The maximum Gasteiger partial charge on any atom is 0.186 e. The van der Waals surface area contributed by atoms with Gasteiger partial charge in [0, 0.05) is 42.1 Å². The number of pyridine rings is 1. The number of nitriles is 1. The maximum atomic E-state index is 9.34. The number of aromatic nitrogens is 2. The lowest BCUT2D eigenvalue weighted by Crippen LogP contribution is -2.54. The molecule has 3 heterocycles. The number of piperazine rings is 1. The number of thiazole rings is 1. The fraction of sp³-hybridized carbons (Fsp3) is 0.348. The van der Waals surface area contributed by atoms with Gasteiger partial charge in [-0.1, -0.05) is 23.5 Å². The van der Waals surface area contributed by atoms with Crippen LogP contribution in [0.3, 0.4) is 0 Å². The highest BCUT2D eigenvalue weighted by Gasteiger charge is 2.25. The second-order valence-corrected chi connectivity index (χ2v) is 8.86. The molecule has 0 radical (unpaired) electrons. The number of rotatable bonds is 3. The molecule has 0 bridgehead atoms. The molecule has 1 saturated heterocycles. The van der Waals surface area contributed by atoms with E-state index in [1.165, 1.54) is 0 Å². The quantitative estimate of drug-likeness (QED) is 0.695. The zero-order chi connectivity index (χ0) is 20.5. The van der Waals surface area contributed by atoms with Gasteiger partial charge in [0.2, 0.25) is 0 Å². The minimum atomic E-state index is 0.418. The minimum Gasteiger partial charge on any atom is -0.345 e. The van der Waals surface area contributed by atoms with Gasteiger partial charge in [-0.3, -0.25) is 4.98 Å². The first-order chi connectivity index (χ1) is 13.9. The Hall–Kier alpha value is -2.75. The van der Waals surface area contributed by atoms with Crippen molar-refractivity contribution >= 4 is 16.5 Å². The summed E-state index contributed by atoms with van der Waals surface area (Å²) in [7, 11) is 0. The fourth-order valence-corrected chi connectivity index (χ4v) is 5.11. The zero-order valence-corrected chi connectivity index (χ0v) is 18.0. The van der Waals surface area contributed by atoms with Gasteiger partial charge in [-0.2, -0.15) is 5.26 Å². The highest BCUT2D eigenvalue weighted by molar-refractivity contribution is 7.19. The van der Waals surface area contributed by atoms with Crippen LogP contribution >= 0.6 is 11.3 Å². The first-order valence-corrected chi connectivity index (χ1v) is 10.7. The molecule has 1 N–H and O–H groups in total. The molecule has 6 heteroatoms. The molecule has 0 aliphatic carbocycles. The monoisotopic (exact) mass is 403 g/mol. The van der Waals surface area contributed by atoms with E-state index in [0.29, 0.717) is 17.6 Å². The molecule has 29 heavy (non-hydrogen) atoms. The Bertz CT molecular complexity index is 1050. The molecule has 0 unspecified atom stereocenters. The zero-order valence-electron chi connectivity index (χ0n) is 17.2. The highest BCUT2D eigenvalue weighted by Crippen LogP contribution is 2.41. The molecular weight excluding hydrogens is 378 g/mol. The van der Waals surface area contributed by atoms with Gasteiger partial charge >= 0.3 is 0 Å². The van der Waals surface area contributed by atoms with Crippen LogP contribution in [0.15, 0.2) is 36.4 Å². The van der Waals surface area contributed by atoms with Crippen molar-refractivity contribution in [3.05, 3.63) is 53.3 Å². The molecular formula is C23H25N5S. The molecule has 1 aliphatic heterocycles. The summed E-state index contributed by atoms with van der Waals surface area (Å²) in [5.41, 5.74) is 5.69. The van der Waals surface area contributed by atoms with Crippen molar-refractivity contribution in [3.63, 3.8) is 0 Å². The molecule has 4 rings (SSSR count). The molecule has 2 atom stereocenters. The number of hydrogen-bond donors (Lipinski definition) is 1. The van der Waals surface area contributed by atoms with Crippen molar-refractivity contribution in [3.8, 4) is 27.8 Å². The number of nitrogens with zero attached hydrogens (tertiary/aromatic N) is 4.